The fraction of sp³-hybridized carbons (Fsp3) is 0.333. The molecule has 1 fully saturated rings. The first-order valence-corrected chi connectivity index (χ1v) is 9.67. The molecule has 1 aliphatic heterocycles. The SMILES string of the molecule is O=S(=O)(NCc1ccccc1)c1cccc(CN2CCNCC2)c1. The Balaban J connectivity index is 1.67. The largest absolute Gasteiger partial charge is 0.314 e. The second kappa shape index (κ2) is 7.90. The van der Waals surface area contributed by atoms with Gasteiger partial charge in [-0.25, -0.2) is 13.1 Å². The number of nitrogens with zero attached hydrogens (tertiary/aromatic N) is 1. The molecule has 0 amide bonds. The maximum atomic E-state index is 12.5. The summed E-state index contributed by atoms with van der Waals surface area (Å²) in [5, 5.41) is 3.32. The van der Waals surface area contributed by atoms with Crippen LogP contribution in [0.1, 0.15) is 11.1 Å². The van der Waals surface area contributed by atoms with Crippen LogP contribution in [0.25, 0.3) is 0 Å². The summed E-state index contributed by atoms with van der Waals surface area (Å²) < 4.78 is 27.7. The molecule has 1 aliphatic rings. The molecule has 1 heterocycles. The number of rotatable bonds is 6. The lowest BCUT2D eigenvalue weighted by Crippen LogP contribution is -2.42. The molecule has 0 bridgehead atoms. The Labute approximate surface area is 143 Å². The molecule has 24 heavy (non-hydrogen) atoms. The van der Waals surface area contributed by atoms with Crippen molar-refractivity contribution in [1.29, 1.82) is 0 Å². The molecule has 0 saturated carbocycles. The average Bonchev–Trinajstić information content (AvgIpc) is 2.62. The van der Waals surface area contributed by atoms with E-state index in [2.05, 4.69) is 14.9 Å². The molecule has 0 spiro atoms. The third kappa shape index (κ3) is 4.64. The van der Waals surface area contributed by atoms with E-state index in [1.165, 1.54) is 0 Å². The van der Waals surface area contributed by atoms with Crippen LogP contribution in [0.15, 0.2) is 59.5 Å². The van der Waals surface area contributed by atoms with Crippen molar-refractivity contribution >= 4 is 10.0 Å². The second-order valence-electron chi connectivity index (χ2n) is 5.98. The van der Waals surface area contributed by atoms with Crippen molar-refractivity contribution < 1.29 is 8.42 Å². The van der Waals surface area contributed by atoms with E-state index < -0.39 is 10.0 Å². The Kier molecular flexibility index (Phi) is 5.63. The molecule has 0 radical (unpaired) electrons. The summed E-state index contributed by atoms with van der Waals surface area (Å²) in [6.07, 6.45) is 0. The van der Waals surface area contributed by atoms with E-state index in [4.69, 9.17) is 0 Å². The minimum Gasteiger partial charge on any atom is -0.314 e. The standard InChI is InChI=1S/C18H23N3O2S/c22-24(23,20-14-16-5-2-1-3-6-16)18-8-4-7-17(13-18)15-21-11-9-19-10-12-21/h1-8,13,19-20H,9-12,14-15H2. The Bertz CT molecular complexity index is 757. The Hall–Kier alpha value is -1.73. The first-order chi connectivity index (χ1) is 11.6. The molecule has 0 aromatic heterocycles. The van der Waals surface area contributed by atoms with Crippen LogP contribution in [0.5, 0.6) is 0 Å². The minimum absolute atomic E-state index is 0.297. The zero-order valence-electron chi connectivity index (χ0n) is 13.6. The van der Waals surface area contributed by atoms with Gasteiger partial charge in [-0.3, -0.25) is 4.90 Å². The summed E-state index contributed by atoms with van der Waals surface area (Å²) in [6.45, 7) is 5.02. The number of hydrogen-bond donors (Lipinski definition) is 2. The number of benzene rings is 2. The molecular weight excluding hydrogens is 322 g/mol. The Morgan fingerprint density at radius 2 is 1.67 bits per heavy atom. The van der Waals surface area contributed by atoms with E-state index in [1.807, 2.05) is 42.5 Å². The van der Waals surface area contributed by atoms with E-state index in [-0.39, 0.29) is 0 Å². The highest BCUT2D eigenvalue weighted by atomic mass is 32.2. The van der Waals surface area contributed by atoms with Gasteiger partial charge in [0.25, 0.3) is 0 Å². The third-order valence-corrected chi connectivity index (χ3v) is 5.53. The van der Waals surface area contributed by atoms with E-state index in [9.17, 15) is 8.42 Å². The van der Waals surface area contributed by atoms with Crippen molar-refractivity contribution in [3.63, 3.8) is 0 Å². The molecular formula is C18H23N3O2S. The van der Waals surface area contributed by atoms with Gasteiger partial charge in [-0.05, 0) is 23.3 Å². The van der Waals surface area contributed by atoms with Gasteiger partial charge in [-0.2, -0.15) is 0 Å². The molecule has 1 saturated heterocycles. The Morgan fingerprint density at radius 1 is 0.958 bits per heavy atom. The van der Waals surface area contributed by atoms with Gasteiger partial charge in [0.2, 0.25) is 10.0 Å². The minimum atomic E-state index is -3.50. The van der Waals surface area contributed by atoms with Crippen molar-refractivity contribution in [2.75, 3.05) is 26.2 Å². The summed E-state index contributed by atoms with van der Waals surface area (Å²) >= 11 is 0. The predicted molar refractivity (Wildman–Crippen MR) is 95.1 cm³/mol. The van der Waals surface area contributed by atoms with Gasteiger partial charge in [0.15, 0.2) is 0 Å². The molecule has 2 N–H and O–H groups in total. The quantitative estimate of drug-likeness (QED) is 0.834. The number of sulfonamides is 1. The summed E-state index contributed by atoms with van der Waals surface area (Å²) in [5.41, 5.74) is 1.97. The highest BCUT2D eigenvalue weighted by Gasteiger charge is 2.15. The number of nitrogens with one attached hydrogen (secondary N) is 2. The first kappa shape index (κ1) is 17.1. The van der Waals surface area contributed by atoms with Gasteiger partial charge in [0.1, 0.15) is 0 Å². The molecule has 0 unspecified atom stereocenters. The van der Waals surface area contributed by atoms with Crippen LogP contribution in [0.2, 0.25) is 0 Å². The van der Waals surface area contributed by atoms with Gasteiger partial charge < -0.3 is 5.32 Å². The van der Waals surface area contributed by atoms with Crippen molar-refractivity contribution in [2.24, 2.45) is 0 Å². The van der Waals surface area contributed by atoms with E-state index in [1.54, 1.807) is 12.1 Å². The van der Waals surface area contributed by atoms with Gasteiger partial charge >= 0.3 is 0 Å². The first-order valence-electron chi connectivity index (χ1n) is 8.19. The molecule has 5 nitrogen and oxygen atoms in total. The number of hydrogen-bond acceptors (Lipinski definition) is 4. The summed E-state index contributed by atoms with van der Waals surface area (Å²) in [4.78, 5) is 2.66. The molecule has 6 heteroatoms. The van der Waals surface area contributed by atoms with Crippen molar-refractivity contribution in [1.82, 2.24) is 14.9 Å². The van der Waals surface area contributed by atoms with Crippen LogP contribution in [0, 0.1) is 0 Å². The van der Waals surface area contributed by atoms with Gasteiger partial charge in [0, 0.05) is 39.3 Å². The van der Waals surface area contributed by atoms with Crippen LogP contribution >= 0.6 is 0 Å². The topological polar surface area (TPSA) is 61.4 Å². The molecule has 0 aliphatic carbocycles. The van der Waals surface area contributed by atoms with Crippen LogP contribution in [-0.2, 0) is 23.1 Å². The van der Waals surface area contributed by atoms with Crippen molar-refractivity contribution in [3.8, 4) is 0 Å². The summed E-state index contributed by atoms with van der Waals surface area (Å²) in [6, 6.07) is 16.7. The van der Waals surface area contributed by atoms with E-state index in [0.29, 0.717) is 11.4 Å². The molecule has 0 atom stereocenters. The highest BCUT2D eigenvalue weighted by Crippen LogP contribution is 2.14. The van der Waals surface area contributed by atoms with Gasteiger partial charge in [-0.15, -0.1) is 0 Å². The molecule has 2 aromatic carbocycles. The smallest absolute Gasteiger partial charge is 0.240 e. The summed E-state index contributed by atoms with van der Waals surface area (Å²) in [7, 11) is -3.50. The van der Waals surface area contributed by atoms with Crippen LogP contribution in [0.4, 0.5) is 0 Å². The fourth-order valence-corrected chi connectivity index (χ4v) is 3.88. The average molecular weight is 345 g/mol. The predicted octanol–water partition coefficient (Wildman–Crippen LogP) is 1.57. The highest BCUT2D eigenvalue weighted by molar-refractivity contribution is 7.89. The van der Waals surface area contributed by atoms with Gasteiger partial charge in [-0.1, -0.05) is 42.5 Å². The third-order valence-electron chi connectivity index (χ3n) is 4.13. The normalized spacial score (nSPS) is 16.2. The van der Waals surface area contributed by atoms with Gasteiger partial charge in [0.05, 0.1) is 4.90 Å². The summed E-state index contributed by atoms with van der Waals surface area (Å²) in [5.74, 6) is 0. The van der Waals surface area contributed by atoms with Crippen LogP contribution in [-0.4, -0.2) is 39.5 Å². The van der Waals surface area contributed by atoms with E-state index >= 15 is 0 Å². The van der Waals surface area contributed by atoms with Crippen LogP contribution < -0.4 is 10.0 Å². The Morgan fingerprint density at radius 3 is 2.42 bits per heavy atom. The lowest BCUT2D eigenvalue weighted by atomic mass is 10.2. The van der Waals surface area contributed by atoms with Crippen LogP contribution in [0.3, 0.4) is 0 Å². The number of piperazine rings is 1. The maximum absolute atomic E-state index is 12.5. The lowest BCUT2D eigenvalue weighted by molar-refractivity contribution is 0.233. The van der Waals surface area contributed by atoms with Crippen molar-refractivity contribution in [2.45, 2.75) is 18.0 Å². The zero-order chi connectivity index (χ0) is 16.8. The monoisotopic (exact) mass is 345 g/mol. The maximum Gasteiger partial charge on any atom is 0.240 e. The lowest BCUT2D eigenvalue weighted by Gasteiger charge is -2.27. The second-order valence-corrected chi connectivity index (χ2v) is 7.75. The molecule has 3 rings (SSSR count). The van der Waals surface area contributed by atoms with Crippen molar-refractivity contribution in [3.05, 3.63) is 65.7 Å². The molecule has 2 aromatic rings. The molecule has 128 valence electrons. The fourth-order valence-electron chi connectivity index (χ4n) is 2.80. The van der Waals surface area contributed by atoms with E-state index in [0.717, 1.165) is 43.9 Å². The zero-order valence-corrected chi connectivity index (χ0v) is 14.4.